The fraction of sp³-hybridized carbons (Fsp3) is 0.188. The quantitative estimate of drug-likeness (QED) is 0.899. The molecule has 19 heavy (non-hydrogen) atoms. The van der Waals surface area contributed by atoms with Crippen LogP contribution in [0.4, 0.5) is 5.69 Å². The molecule has 0 saturated carbocycles. The molecular weight excluding hydrogens is 256 g/mol. The number of anilines is 1. The predicted molar refractivity (Wildman–Crippen MR) is 77.3 cm³/mol. The van der Waals surface area contributed by atoms with E-state index in [4.69, 9.17) is 11.6 Å². The Hall–Kier alpha value is -1.98. The third kappa shape index (κ3) is 2.30. The molecule has 0 bridgehead atoms. The van der Waals surface area contributed by atoms with Gasteiger partial charge in [-0.25, -0.2) is 0 Å². The molecule has 2 aromatic carbocycles. The zero-order valence-corrected chi connectivity index (χ0v) is 11.1. The summed E-state index contributed by atoms with van der Waals surface area (Å²) in [7, 11) is 0. The van der Waals surface area contributed by atoms with Gasteiger partial charge in [0.25, 0.3) is 0 Å². The number of rotatable bonds is 2. The van der Waals surface area contributed by atoms with Crippen LogP contribution in [0.2, 0.25) is 5.02 Å². The highest BCUT2D eigenvalue weighted by Crippen LogP contribution is 2.33. The minimum atomic E-state index is -0.561. The maximum Gasteiger partial charge on any atom is 0.133 e. The van der Waals surface area contributed by atoms with Crippen molar-refractivity contribution in [3.05, 3.63) is 64.7 Å². The van der Waals surface area contributed by atoms with Gasteiger partial charge in [-0.15, -0.1) is 0 Å². The van der Waals surface area contributed by atoms with Gasteiger partial charge in [-0.1, -0.05) is 41.9 Å². The number of hydrogen-bond donors (Lipinski definition) is 1. The zero-order valence-electron chi connectivity index (χ0n) is 10.4. The van der Waals surface area contributed by atoms with Crippen LogP contribution >= 0.6 is 11.6 Å². The standard InChI is InChI=1S/C16H13ClN2/c17-14-6-3-7-15(8-14)19-16(11-18)9-12-4-1-2-5-13(12)10-16/h1-8,19H,9-10H2. The summed E-state index contributed by atoms with van der Waals surface area (Å²) in [6.45, 7) is 0. The Bertz CT molecular complexity index is 633. The molecule has 0 aliphatic heterocycles. The number of nitriles is 1. The number of nitrogens with one attached hydrogen (secondary N) is 1. The molecule has 0 atom stereocenters. The van der Waals surface area contributed by atoms with Gasteiger partial charge >= 0.3 is 0 Å². The summed E-state index contributed by atoms with van der Waals surface area (Å²) in [5.41, 5.74) is 2.83. The number of halogens is 1. The van der Waals surface area contributed by atoms with Crippen molar-refractivity contribution in [1.82, 2.24) is 0 Å². The van der Waals surface area contributed by atoms with Gasteiger partial charge in [0, 0.05) is 23.6 Å². The van der Waals surface area contributed by atoms with Crippen molar-refractivity contribution in [2.45, 2.75) is 18.4 Å². The van der Waals surface area contributed by atoms with Crippen LogP contribution in [0, 0.1) is 11.3 Å². The number of nitrogens with zero attached hydrogens (tertiary/aromatic N) is 1. The molecule has 1 aliphatic carbocycles. The van der Waals surface area contributed by atoms with Gasteiger partial charge in [0.15, 0.2) is 0 Å². The molecular formula is C16H13ClN2. The average molecular weight is 269 g/mol. The average Bonchev–Trinajstić information content (AvgIpc) is 2.77. The van der Waals surface area contributed by atoms with Gasteiger partial charge in [-0.3, -0.25) is 0 Å². The summed E-state index contributed by atoms with van der Waals surface area (Å²) in [5, 5.41) is 13.6. The lowest BCUT2D eigenvalue weighted by Gasteiger charge is -2.23. The predicted octanol–water partition coefficient (Wildman–Crippen LogP) is 3.81. The number of benzene rings is 2. The molecule has 1 aliphatic rings. The molecule has 0 aromatic heterocycles. The second kappa shape index (κ2) is 4.60. The van der Waals surface area contributed by atoms with Gasteiger partial charge in [-0.05, 0) is 29.3 Å². The number of hydrogen-bond acceptors (Lipinski definition) is 2. The lowest BCUT2D eigenvalue weighted by Crippen LogP contribution is -2.37. The van der Waals surface area contributed by atoms with Crippen LogP contribution in [0.25, 0.3) is 0 Å². The maximum atomic E-state index is 9.57. The van der Waals surface area contributed by atoms with Crippen molar-refractivity contribution in [3.63, 3.8) is 0 Å². The third-order valence-electron chi connectivity index (χ3n) is 3.53. The lowest BCUT2D eigenvalue weighted by atomic mass is 9.97. The SMILES string of the molecule is N#CC1(Nc2cccc(Cl)c2)Cc2ccccc2C1. The molecule has 0 heterocycles. The molecule has 0 radical (unpaired) electrons. The summed E-state index contributed by atoms with van der Waals surface area (Å²) >= 11 is 5.99. The van der Waals surface area contributed by atoms with Crippen LogP contribution in [0.15, 0.2) is 48.5 Å². The van der Waals surface area contributed by atoms with E-state index in [1.807, 2.05) is 36.4 Å². The van der Waals surface area contributed by atoms with Crippen LogP contribution in [0.3, 0.4) is 0 Å². The van der Waals surface area contributed by atoms with Crippen molar-refractivity contribution in [2.75, 3.05) is 5.32 Å². The summed E-state index contributed by atoms with van der Waals surface area (Å²) in [6.07, 6.45) is 1.46. The van der Waals surface area contributed by atoms with E-state index >= 15 is 0 Å². The Kier molecular flexibility index (Phi) is 2.93. The van der Waals surface area contributed by atoms with Crippen molar-refractivity contribution < 1.29 is 0 Å². The van der Waals surface area contributed by atoms with Gasteiger partial charge in [0.2, 0.25) is 0 Å². The third-order valence-corrected chi connectivity index (χ3v) is 3.76. The fourth-order valence-corrected chi connectivity index (χ4v) is 2.84. The molecule has 1 N–H and O–H groups in total. The van der Waals surface area contributed by atoms with E-state index in [0.717, 1.165) is 18.5 Å². The minimum Gasteiger partial charge on any atom is -0.367 e. The zero-order chi connectivity index (χ0) is 13.3. The summed E-state index contributed by atoms with van der Waals surface area (Å²) in [5.74, 6) is 0. The fourth-order valence-electron chi connectivity index (χ4n) is 2.65. The molecule has 3 heteroatoms. The minimum absolute atomic E-state index is 0.561. The van der Waals surface area contributed by atoms with Crippen LogP contribution in [-0.4, -0.2) is 5.54 Å². The van der Waals surface area contributed by atoms with E-state index in [1.165, 1.54) is 11.1 Å². The summed E-state index contributed by atoms with van der Waals surface area (Å²) < 4.78 is 0. The smallest absolute Gasteiger partial charge is 0.133 e. The maximum absolute atomic E-state index is 9.57. The topological polar surface area (TPSA) is 35.8 Å². The molecule has 0 fully saturated rings. The van der Waals surface area contributed by atoms with Gasteiger partial charge in [-0.2, -0.15) is 5.26 Å². The van der Waals surface area contributed by atoms with E-state index in [-0.39, 0.29) is 0 Å². The van der Waals surface area contributed by atoms with Gasteiger partial charge in [0.1, 0.15) is 5.54 Å². The first kappa shape index (κ1) is 12.1. The second-order valence-electron chi connectivity index (χ2n) is 4.95. The monoisotopic (exact) mass is 268 g/mol. The van der Waals surface area contributed by atoms with Crippen molar-refractivity contribution in [1.29, 1.82) is 5.26 Å². The molecule has 3 rings (SSSR count). The van der Waals surface area contributed by atoms with Crippen LogP contribution in [-0.2, 0) is 12.8 Å². The first-order chi connectivity index (χ1) is 9.21. The summed E-state index contributed by atoms with van der Waals surface area (Å²) in [4.78, 5) is 0. The van der Waals surface area contributed by atoms with E-state index in [0.29, 0.717) is 5.02 Å². The molecule has 0 saturated heterocycles. The van der Waals surface area contributed by atoms with Gasteiger partial charge in [0.05, 0.1) is 6.07 Å². The first-order valence-corrected chi connectivity index (χ1v) is 6.60. The van der Waals surface area contributed by atoms with E-state index in [2.05, 4.69) is 23.5 Å². The van der Waals surface area contributed by atoms with Crippen LogP contribution < -0.4 is 5.32 Å². The highest BCUT2D eigenvalue weighted by Gasteiger charge is 2.37. The van der Waals surface area contributed by atoms with Crippen molar-refractivity contribution in [2.24, 2.45) is 0 Å². The van der Waals surface area contributed by atoms with E-state index < -0.39 is 5.54 Å². The van der Waals surface area contributed by atoms with E-state index in [1.54, 1.807) is 0 Å². The molecule has 0 spiro atoms. The Morgan fingerprint density at radius 2 is 1.74 bits per heavy atom. The van der Waals surface area contributed by atoms with E-state index in [9.17, 15) is 5.26 Å². The lowest BCUT2D eigenvalue weighted by molar-refractivity contribution is 0.628. The highest BCUT2D eigenvalue weighted by molar-refractivity contribution is 6.30. The molecule has 0 unspecified atom stereocenters. The van der Waals surface area contributed by atoms with Crippen LogP contribution in [0.1, 0.15) is 11.1 Å². The molecule has 0 amide bonds. The Morgan fingerprint density at radius 1 is 1.05 bits per heavy atom. The number of fused-ring (bicyclic) bond motifs is 1. The van der Waals surface area contributed by atoms with Gasteiger partial charge < -0.3 is 5.32 Å². The highest BCUT2D eigenvalue weighted by atomic mass is 35.5. The Morgan fingerprint density at radius 3 is 2.32 bits per heavy atom. The van der Waals surface area contributed by atoms with Crippen LogP contribution in [0.5, 0.6) is 0 Å². The molecule has 94 valence electrons. The van der Waals surface area contributed by atoms with Crippen molar-refractivity contribution in [3.8, 4) is 6.07 Å². The second-order valence-corrected chi connectivity index (χ2v) is 5.39. The molecule has 2 aromatic rings. The normalized spacial score (nSPS) is 15.6. The Balaban J connectivity index is 1.90. The Labute approximate surface area is 117 Å². The van der Waals surface area contributed by atoms with Crippen molar-refractivity contribution >= 4 is 17.3 Å². The first-order valence-electron chi connectivity index (χ1n) is 6.23. The largest absolute Gasteiger partial charge is 0.367 e. The molecule has 2 nitrogen and oxygen atoms in total. The summed E-state index contributed by atoms with van der Waals surface area (Å²) in [6, 6.07) is 18.2.